The summed E-state index contributed by atoms with van der Waals surface area (Å²) in [5, 5.41) is 0. The number of alkyl halides is 1. The molecule has 0 bridgehead atoms. The normalized spacial score (nSPS) is 19.5. The number of aryl methyl sites for hydroxylation is 1. The van der Waals surface area contributed by atoms with Crippen LogP contribution in [0.2, 0.25) is 0 Å². The van der Waals surface area contributed by atoms with E-state index in [0.29, 0.717) is 6.42 Å². The number of benzene rings is 1. The van der Waals surface area contributed by atoms with E-state index >= 15 is 0 Å². The molecule has 1 aromatic carbocycles. The minimum atomic E-state index is -1.26. The minimum Gasteiger partial charge on any atom is -0.325 e. The second-order valence-electron chi connectivity index (χ2n) is 4.79. The van der Waals surface area contributed by atoms with E-state index in [2.05, 4.69) is 0 Å². The topological polar surface area (TPSA) is 26.0 Å². The summed E-state index contributed by atoms with van der Waals surface area (Å²) in [4.78, 5) is 0. The molecule has 0 aromatic heterocycles. The van der Waals surface area contributed by atoms with Crippen LogP contribution in [0.15, 0.2) is 18.2 Å². The summed E-state index contributed by atoms with van der Waals surface area (Å²) in [6.07, 6.45) is 2.28. The van der Waals surface area contributed by atoms with Gasteiger partial charge in [-0.05, 0) is 44.2 Å². The molecule has 3 heteroatoms. The van der Waals surface area contributed by atoms with Gasteiger partial charge in [0, 0.05) is 11.1 Å². The Morgan fingerprint density at radius 2 is 2.12 bits per heavy atom. The third-order valence-electron chi connectivity index (χ3n) is 3.33. The first-order valence-corrected chi connectivity index (χ1v) is 5.72. The van der Waals surface area contributed by atoms with Gasteiger partial charge in [0.1, 0.15) is 12.0 Å². The highest BCUT2D eigenvalue weighted by Crippen LogP contribution is 2.37. The zero-order valence-corrected chi connectivity index (χ0v) is 9.47. The standard InChI is InChI=1S/C13H17F2N/c1-9(14)12-10(3-2-4-11(12)15)5-6-13(16)7-8-13/h2-4,9H,5-8,16H2,1H3. The Kier molecular flexibility index (Phi) is 2.98. The number of halogens is 2. The number of rotatable bonds is 4. The zero-order valence-electron chi connectivity index (χ0n) is 9.47. The highest BCUT2D eigenvalue weighted by atomic mass is 19.1. The minimum absolute atomic E-state index is 0.0663. The van der Waals surface area contributed by atoms with Crippen LogP contribution in [0.25, 0.3) is 0 Å². The predicted octanol–water partition coefficient (Wildman–Crippen LogP) is 3.28. The Bertz CT molecular complexity index is 384. The van der Waals surface area contributed by atoms with Gasteiger partial charge in [0.05, 0.1) is 0 Å². The fourth-order valence-corrected chi connectivity index (χ4v) is 2.04. The van der Waals surface area contributed by atoms with Crippen molar-refractivity contribution >= 4 is 0 Å². The summed E-state index contributed by atoms with van der Waals surface area (Å²) in [7, 11) is 0. The van der Waals surface area contributed by atoms with E-state index in [0.717, 1.165) is 24.8 Å². The molecule has 1 atom stereocenters. The van der Waals surface area contributed by atoms with Crippen molar-refractivity contribution < 1.29 is 8.78 Å². The van der Waals surface area contributed by atoms with E-state index in [4.69, 9.17) is 5.73 Å². The first kappa shape index (κ1) is 11.5. The van der Waals surface area contributed by atoms with Gasteiger partial charge in [-0.25, -0.2) is 8.78 Å². The smallest absolute Gasteiger partial charge is 0.129 e. The van der Waals surface area contributed by atoms with Gasteiger partial charge in [-0.1, -0.05) is 12.1 Å². The van der Waals surface area contributed by atoms with E-state index in [9.17, 15) is 8.78 Å². The van der Waals surface area contributed by atoms with Crippen molar-refractivity contribution in [3.8, 4) is 0 Å². The van der Waals surface area contributed by atoms with Crippen LogP contribution in [-0.4, -0.2) is 5.54 Å². The molecular formula is C13H17F2N. The Morgan fingerprint density at radius 1 is 1.44 bits per heavy atom. The van der Waals surface area contributed by atoms with Crippen molar-refractivity contribution in [1.82, 2.24) is 0 Å². The first-order valence-electron chi connectivity index (χ1n) is 5.72. The second-order valence-corrected chi connectivity index (χ2v) is 4.79. The quantitative estimate of drug-likeness (QED) is 0.836. The molecule has 1 aliphatic rings. The van der Waals surface area contributed by atoms with Crippen LogP contribution in [-0.2, 0) is 6.42 Å². The maximum atomic E-state index is 13.5. The lowest BCUT2D eigenvalue weighted by Crippen LogP contribution is -2.22. The van der Waals surface area contributed by atoms with Gasteiger partial charge in [-0.3, -0.25) is 0 Å². The van der Waals surface area contributed by atoms with Gasteiger partial charge < -0.3 is 5.73 Å². The molecular weight excluding hydrogens is 208 g/mol. The molecule has 0 heterocycles. The molecule has 0 radical (unpaired) electrons. The molecule has 0 amide bonds. The van der Waals surface area contributed by atoms with Crippen molar-refractivity contribution in [2.45, 2.75) is 44.3 Å². The van der Waals surface area contributed by atoms with Crippen LogP contribution in [0, 0.1) is 5.82 Å². The third kappa shape index (κ3) is 2.40. The summed E-state index contributed by atoms with van der Waals surface area (Å²) in [6.45, 7) is 1.37. The fourth-order valence-electron chi connectivity index (χ4n) is 2.04. The molecule has 88 valence electrons. The second kappa shape index (κ2) is 4.13. The number of hydrogen-bond donors (Lipinski definition) is 1. The van der Waals surface area contributed by atoms with Crippen molar-refractivity contribution in [2.24, 2.45) is 5.73 Å². The maximum absolute atomic E-state index is 13.5. The lowest BCUT2D eigenvalue weighted by molar-refractivity contribution is 0.358. The van der Waals surface area contributed by atoms with Crippen LogP contribution in [0.4, 0.5) is 8.78 Å². The molecule has 1 fully saturated rings. The zero-order chi connectivity index (χ0) is 11.8. The molecule has 1 saturated carbocycles. The third-order valence-corrected chi connectivity index (χ3v) is 3.33. The Balaban J connectivity index is 2.15. The Morgan fingerprint density at radius 3 is 2.69 bits per heavy atom. The van der Waals surface area contributed by atoms with Crippen molar-refractivity contribution in [2.75, 3.05) is 0 Å². The Hall–Kier alpha value is -0.960. The molecule has 1 nitrogen and oxygen atoms in total. The van der Waals surface area contributed by atoms with Crippen LogP contribution < -0.4 is 5.73 Å². The SMILES string of the molecule is CC(F)c1c(F)cccc1CCC1(N)CC1. The molecule has 2 rings (SSSR count). The van der Waals surface area contributed by atoms with Crippen molar-refractivity contribution in [3.05, 3.63) is 35.1 Å². The molecule has 0 saturated heterocycles. The summed E-state index contributed by atoms with van der Waals surface area (Å²) >= 11 is 0. The summed E-state index contributed by atoms with van der Waals surface area (Å²) in [6, 6.07) is 4.73. The Labute approximate surface area is 94.7 Å². The first-order chi connectivity index (χ1) is 7.52. The molecule has 0 aliphatic heterocycles. The van der Waals surface area contributed by atoms with Crippen LogP contribution in [0.1, 0.15) is 43.5 Å². The lowest BCUT2D eigenvalue weighted by Gasteiger charge is -2.13. The van der Waals surface area contributed by atoms with Gasteiger partial charge in [0.25, 0.3) is 0 Å². The summed E-state index contributed by atoms with van der Waals surface area (Å²) in [5.74, 6) is -0.450. The average Bonchev–Trinajstić information content (AvgIpc) is 2.94. The highest BCUT2D eigenvalue weighted by molar-refractivity contribution is 5.31. The van der Waals surface area contributed by atoms with Crippen LogP contribution in [0.5, 0.6) is 0 Å². The van der Waals surface area contributed by atoms with E-state index in [1.807, 2.05) is 0 Å². The van der Waals surface area contributed by atoms with Gasteiger partial charge in [0.2, 0.25) is 0 Å². The van der Waals surface area contributed by atoms with E-state index in [1.54, 1.807) is 12.1 Å². The summed E-state index contributed by atoms with van der Waals surface area (Å²) in [5.41, 5.74) is 6.86. The van der Waals surface area contributed by atoms with Gasteiger partial charge in [-0.15, -0.1) is 0 Å². The lowest BCUT2D eigenvalue weighted by atomic mass is 9.97. The van der Waals surface area contributed by atoms with Gasteiger partial charge >= 0.3 is 0 Å². The molecule has 1 aliphatic carbocycles. The highest BCUT2D eigenvalue weighted by Gasteiger charge is 2.37. The van der Waals surface area contributed by atoms with Crippen molar-refractivity contribution in [3.63, 3.8) is 0 Å². The monoisotopic (exact) mass is 225 g/mol. The maximum Gasteiger partial charge on any atom is 0.129 e. The van der Waals surface area contributed by atoms with Gasteiger partial charge in [-0.2, -0.15) is 0 Å². The molecule has 2 N–H and O–H groups in total. The number of hydrogen-bond acceptors (Lipinski definition) is 1. The molecule has 0 spiro atoms. The van der Waals surface area contributed by atoms with E-state index < -0.39 is 12.0 Å². The molecule has 1 unspecified atom stereocenters. The molecule has 1 aromatic rings. The van der Waals surface area contributed by atoms with Crippen LogP contribution in [0.3, 0.4) is 0 Å². The fraction of sp³-hybridized carbons (Fsp3) is 0.538. The molecule has 16 heavy (non-hydrogen) atoms. The average molecular weight is 225 g/mol. The van der Waals surface area contributed by atoms with Crippen LogP contribution >= 0.6 is 0 Å². The van der Waals surface area contributed by atoms with Crippen molar-refractivity contribution in [1.29, 1.82) is 0 Å². The van der Waals surface area contributed by atoms with E-state index in [1.165, 1.54) is 13.0 Å². The van der Waals surface area contributed by atoms with E-state index in [-0.39, 0.29) is 11.1 Å². The van der Waals surface area contributed by atoms with Gasteiger partial charge in [0.15, 0.2) is 0 Å². The predicted molar refractivity (Wildman–Crippen MR) is 60.4 cm³/mol. The number of nitrogens with two attached hydrogens (primary N) is 1. The summed E-state index contributed by atoms with van der Waals surface area (Å²) < 4.78 is 26.8. The largest absolute Gasteiger partial charge is 0.325 e.